The van der Waals surface area contributed by atoms with E-state index in [-0.39, 0.29) is 11.5 Å². The van der Waals surface area contributed by atoms with Gasteiger partial charge >= 0.3 is 0 Å². The summed E-state index contributed by atoms with van der Waals surface area (Å²) in [5.41, 5.74) is 5.06. The Morgan fingerprint density at radius 1 is 1.32 bits per heavy atom. The molecule has 1 aromatic rings. The molecule has 7 heteroatoms. The van der Waals surface area contributed by atoms with Crippen LogP contribution in [0.3, 0.4) is 0 Å². The minimum Gasteiger partial charge on any atom is -0.409 e. The summed E-state index contributed by atoms with van der Waals surface area (Å²) in [6, 6.07) is 1.74. The smallest absolute Gasteiger partial charge is 0.194 e. The van der Waals surface area contributed by atoms with Crippen LogP contribution in [0, 0.1) is 22.9 Å². The van der Waals surface area contributed by atoms with Crippen molar-refractivity contribution in [1.82, 2.24) is 0 Å². The summed E-state index contributed by atoms with van der Waals surface area (Å²) >= 11 is 0. The number of nitrogens with zero attached hydrogens (tertiary/aromatic N) is 1. The van der Waals surface area contributed by atoms with E-state index in [1.165, 1.54) is 0 Å². The highest BCUT2D eigenvalue weighted by Crippen LogP contribution is 2.22. The molecular weight excluding hydrogens is 259 g/mol. The number of rotatable bonds is 5. The number of hydrogen-bond donors (Lipinski definition) is 3. The molecule has 0 unspecified atom stereocenters. The lowest BCUT2D eigenvalue weighted by atomic mass is 9.88. The van der Waals surface area contributed by atoms with Gasteiger partial charge in [0.05, 0.1) is 0 Å². The quantitative estimate of drug-likeness (QED) is 0.254. The van der Waals surface area contributed by atoms with Gasteiger partial charge in [-0.05, 0) is 6.42 Å². The summed E-state index contributed by atoms with van der Waals surface area (Å²) < 4.78 is 38.6. The maximum atomic E-state index is 13.0. The molecule has 0 radical (unpaired) electrons. The second-order valence-corrected chi connectivity index (χ2v) is 4.80. The number of nitrogens with one attached hydrogen (secondary N) is 1. The van der Waals surface area contributed by atoms with Crippen molar-refractivity contribution in [2.24, 2.45) is 16.3 Å². The van der Waals surface area contributed by atoms with Crippen molar-refractivity contribution < 1.29 is 18.4 Å². The number of amidine groups is 1. The Morgan fingerprint density at radius 3 is 2.32 bits per heavy atom. The minimum atomic E-state index is -1.50. The predicted molar refractivity (Wildman–Crippen MR) is 66.6 cm³/mol. The normalized spacial score (nSPS) is 12.6. The second kappa shape index (κ2) is 5.81. The first-order chi connectivity index (χ1) is 8.77. The Hall–Kier alpha value is -1.92. The molecule has 0 bridgehead atoms. The van der Waals surface area contributed by atoms with E-state index < -0.39 is 22.9 Å². The number of oxime groups is 1. The average molecular weight is 275 g/mol. The molecule has 0 aromatic heterocycles. The average Bonchev–Trinajstić information content (AvgIpc) is 2.34. The summed E-state index contributed by atoms with van der Waals surface area (Å²) in [5, 5.41) is 14.3. The van der Waals surface area contributed by atoms with E-state index in [4.69, 9.17) is 10.9 Å². The molecule has 0 saturated carbocycles. The fraction of sp³-hybridized carbons (Fsp3) is 0.417. The van der Waals surface area contributed by atoms with Crippen molar-refractivity contribution in [3.8, 4) is 0 Å². The zero-order chi connectivity index (χ0) is 14.6. The first kappa shape index (κ1) is 15.1. The van der Waals surface area contributed by atoms with Gasteiger partial charge in [0, 0.05) is 29.8 Å². The standard InChI is InChI=1S/C12H16F3N3O/c1-12(2,11(16)18-19)3-4-17-7-5-8(13)10(15)9(14)6-7/h5-6,17,19H,3-4H2,1-2H3,(H2,16,18). The van der Waals surface area contributed by atoms with Crippen LogP contribution in [0.4, 0.5) is 18.9 Å². The van der Waals surface area contributed by atoms with Crippen LogP contribution >= 0.6 is 0 Å². The molecule has 4 nitrogen and oxygen atoms in total. The molecule has 1 aromatic carbocycles. The molecule has 0 aliphatic carbocycles. The third-order valence-corrected chi connectivity index (χ3v) is 2.86. The van der Waals surface area contributed by atoms with Gasteiger partial charge in [-0.1, -0.05) is 19.0 Å². The molecule has 0 aliphatic heterocycles. The summed E-state index contributed by atoms with van der Waals surface area (Å²) in [5.74, 6) is -3.94. The van der Waals surface area contributed by atoms with E-state index in [9.17, 15) is 13.2 Å². The summed E-state index contributed by atoms with van der Waals surface area (Å²) in [7, 11) is 0. The maximum absolute atomic E-state index is 13.0. The first-order valence-corrected chi connectivity index (χ1v) is 5.64. The molecule has 0 heterocycles. The highest BCUT2D eigenvalue weighted by atomic mass is 19.2. The van der Waals surface area contributed by atoms with Crippen molar-refractivity contribution in [3.05, 3.63) is 29.6 Å². The molecule has 106 valence electrons. The molecule has 19 heavy (non-hydrogen) atoms. The van der Waals surface area contributed by atoms with Crippen LogP contribution < -0.4 is 11.1 Å². The van der Waals surface area contributed by atoms with Gasteiger partial charge in [-0.2, -0.15) is 0 Å². The van der Waals surface area contributed by atoms with Crippen molar-refractivity contribution in [2.75, 3.05) is 11.9 Å². The topological polar surface area (TPSA) is 70.6 Å². The van der Waals surface area contributed by atoms with Crippen LogP contribution in [0.5, 0.6) is 0 Å². The number of nitrogens with two attached hydrogens (primary N) is 1. The van der Waals surface area contributed by atoms with Gasteiger partial charge in [0.25, 0.3) is 0 Å². The fourth-order valence-corrected chi connectivity index (χ4v) is 1.44. The van der Waals surface area contributed by atoms with Crippen molar-refractivity contribution in [3.63, 3.8) is 0 Å². The molecule has 0 aliphatic rings. The Morgan fingerprint density at radius 2 is 1.84 bits per heavy atom. The number of anilines is 1. The predicted octanol–water partition coefficient (Wildman–Crippen LogP) is 2.68. The second-order valence-electron chi connectivity index (χ2n) is 4.80. The molecule has 4 N–H and O–H groups in total. The third kappa shape index (κ3) is 3.77. The van der Waals surface area contributed by atoms with Crippen molar-refractivity contribution >= 4 is 11.5 Å². The van der Waals surface area contributed by atoms with Crippen LogP contribution in [0.15, 0.2) is 17.3 Å². The minimum absolute atomic E-state index is 0.0609. The summed E-state index contributed by atoms with van der Waals surface area (Å²) in [6.07, 6.45) is 0.462. The highest BCUT2D eigenvalue weighted by Gasteiger charge is 2.23. The Balaban J connectivity index is 2.64. The molecule has 0 saturated heterocycles. The van der Waals surface area contributed by atoms with E-state index in [2.05, 4.69) is 10.5 Å². The third-order valence-electron chi connectivity index (χ3n) is 2.86. The fourth-order valence-electron chi connectivity index (χ4n) is 1.44. The highest BCUT2D eigenvalue weighted by molar-refractivity contribution is 5.85. The van der Waals surface area contributed by atoms with Crippen LogP contribution in [-0.2, 0) is 0 Å². The van der Waals surface area contributed by atoms with Crippen LogP contribution in [0.2, 0.25) is 0 Å². The molecular formula is C12H16F3N3O. The molecule has 0 atom stereocenters. The number of halogens is 3. The Kier molecular flexibility index (Phi) is 4.63. The van der Waals surface area contributed by atoms with E-state index in [0.717, 1.165) is 12.1 Å². The molecule has 0 amide bonds. The van der Waals surface area contributed by atoms with Gasteiger partial charge in [-0.3, -0.25) is 0 Å². The van der Waals surface area contributed by atoms with Gasteiger partial charge in [0.1, 0.15) is 5.84 Å². The Bertz CT molecular complexity index is 466. The number of benzene rings is 1. The maximum Gasteiger partial charge on any atom is 0.194 e. The molecule has 0 spiro atoms. The zero-order valence-electron chi connectivity index (χ0n) is 10.7. The van der Waals surface area contributed by atoms with Crippen LogP contribution in [-0.4, -0.2) is 17.6 Å². The lowest BCUT2D eigenvalue weighted by molar-refractivity contribution is 0.306. The first-order valence-electron chi connectivity index (χ1n) is 5.64. The summed E-state index contributed by atoms with van der Waals surface area (Å²) in [4.78, 5) is 0. The molecule has 0 fully saturated rings. The van der Waals surface area contributed by atoms with Crippen LogP contribution in [0.1, 0.15) is 20.3 Å². The van der Waals surface area contributed by atoms with E-state index >= 15 is 0 Å². The van der Waals surface area contributed by atoms with E-state index in [1.807, 2.05) is 0 Å². The largest absolute Gasteiger partial charge is 0.409 e. The van der Waals surface area contributed by atoms with Gasteiger partial charge in [0.15, 0.2) is 17.5 Å². The van der Waals surface area contributed by atoms with Crippen molar-refractivity contribution in [1.29, 1.82) is 0 Å². The monoisotopic (exact) mass is 275 g/mol. The SMILES string of the molecule is CC(C)(CCNc1cc(F)c(F)c(F)c1)C(N)=NO. The Labute approximate surface area is 109 Å². The van der Waals surface area contributed by atoms with Gasteiger partial charge in [0.2, 0.25) is 0 Å². The van der Waals surface area contributed by atoms with Gasteiger partial charge < -0.3 is 16.3 Å². The summed E-state index contributed by atoms with van der Waals surface area (Å²) in [6.45, 7) is 3.85. The van der Waals surface area contributed by atoms with Gasteiger partial charge in [-0.15, -0.1) is 0 Å². The van der Waals surface area contributed by atoms with Crippen LogP contribution in [0.25, 0.3) is 0 Å². The lowest BCUT2D eigenvalue weighted by Gasteiger charge is -2.23. The van der Waals surface area contributed by atoms with Crippen molar-refractivity contribution in [2.45, 2.75) is 20.3 Å². The lowest BCUT2D eigenvalue weighted by Crippen LogP contribution is -2.33. The molecule has 1 rings (SSSR count). The van der Waals surface area contributed by atoms with E-state index in [1.54, 1.807) is 13.8 Å². The number of hydrogen-bond acceptors (Lipinski definition) is 3. The van der Waals surface area contributed by atoms with Gasteiger partial charge in [-0.25, -0.2) is 13.2 Å². The van der Waals surface area contributed by atoms with E-state index in [0.29, 0.717) is 13.0 Å². The zero-order valence-corrected chi connectivity index (χ0v) is 10.7.